The van der Waals surface area contributed by atoms with Crippen LogP contribution in [-0.2, 0) is 4.74 Å². The van der Waals surface area contributed by atoms with Crippen LogP contribution in [0, 0.1) is 0 Å². The fraction of sp³-hybridized carbons (Fsp3) is 0.600. The predicted molar refractivity (Wildman–Crippen MR) is 81.4 cm³/mol. The number of nitrogens with zero attached hydrogens (tertiary/aromatic N) is 3. The van der Waals surface area contributed by atoms with E-state index in [9.17, 15) is 4.79 Å². The number of aromatic nitrogens is 1. The van der Waals surface area contributed by atoms with Gasteiger partial charge in [0.15, 0.2) is 11.5 Å². The smallest absolute Gasteiger partial charge is 0.356 e. The van der Waals surface area contributed by atoms with Crippen LogP contribution in [0.5, 0.6) is 0 Å². The molecule has 0 saturated carbocycles. The molecular formula is C15H22N4O2. The third-order valence-corrected chi connectivity index (χ3v) is 4.75. The first-order valence-electron chi connectivity index (χ1n) is 7.42. The van der Waals surface area contributed by atoms with Crippen molar-refractivity contribution in [2.24, 2.45) is 0 Å². The molecule has 0 amide bonds. The molecule has 2 unspecified atom stereocenters. The van der Waals surface area contributed by atoms with Crippen LogP contribution in [0.1, 0.15) is 29.8 Å². The number of nitrogen functional groups attached to an aromatic ring is 1. The van der Waals surface area contributed by atoms with E-state index in [1.807, 2.05) is 0 Å². The first-order valence-corrected chi connectivity index (χ1v) is 7.42. The first kappa shape index (κ1) is 14.1. The lowest BCUT2D eigenvalue weighted by atomic mass is 10.1. The highest BCUT2D eigenvalue weighted by atomic mass is 16.5. The van der Waals surface area contributed by atoms with Crippen LogP contribution in [0.25, 0.3) is 0 Å². The Hall–Kier alpha value is -1.82. The van der Waals surface area contributed by atoms with Crippen LogP contribution in [-0.4, -0.2) is 55.2 Å². The van der Waals surface area contributed by atoms with E-state index in [-0.39, 0.29) is 0 Å². The fourth-order valence-electron chi connectivity index (χ4n) is 3.43. The molecule has 6 nitrogen and oxygen atoms in total. The van der Waals surface area contributed by atoms with Gasteiger partial charge >= 0.3 is 5.97 Å². The Morgan fingerprint density at radius 2 is 2.10 bits per heavy atom. The Morgan fingerprint density at radius 1 is 1.33 bits per heavy atom. The molecule has 6 heteroatoms. The highest BCUT2D eigenvalue weighted by Gasteiger charge is 2.35. The van der Waals surface area contributed by atoms with Gasteiger partial charge in [-0.1, -0.05) is 0 Å². The van der Waals surface area contributed by atoms with Crippen LogP contribution in [0.4, 0.5) is 11.5 Å². The van der Waals surface area contributed by atoms with Gasteiger partial charge in [0.25, 0.3) is 0 Å². The van der Waals surface area contributed by atoms with Crippen LogP contribution in [0.2, 0.25) is 0 Å². The molecule has 1 aromatic rings. The van der Waals surface area contributed by atoms with E-state index in [4.69, 9.17) is 10.5 Å². The number of hydrogen-bond donors (Lipinski definition) is 1. The molecule has 2 aliphatic rings. The van der Waals surface area contributed by atoms with Gasteiger partial charge < -0.3 is 15.4 Å². The average molecular weight is 290 g/mol. The molecule has 2 fully saturated rings. The van der Waals surface area contributed by atoms with Gasteiger partial charge in [-0.3, -0.25) is 4.90 Å². The molecule has 3 rings (SSSR count). The van der Waals surface area contributed by atoms with Gasteiger partial charge in [-0.15, -0.1) is 0 Å². The SMILES string of the molecule is COC(=O)c1ccc(N)c(N2CCC3CCC(C2)N3C)n1. The number of esters is 1. The van der Waals surface area contributed by atoms with Crippen molar-refractivity contribution in [3.8, 4) is 0 Å². The lowest BCUT2D eigenvalue weighted by Crippen LogP contribution is -2.37. The van der Waals surface area contributed by atoms with E-state index >= 15 is 0 Å². The van der Waals surface area contributed by atoms with E-state index in [2.05, 4.69) is 21.8 Å². The fourth-order valence-corrected chi connectivity index (χ4v) is 3.43. The lowest BCUT2D eigenvalue weighted by molar-refractivity contribution is 0.0594. The minimum atomic E-state index is -0.426. The summed E-state index contributed by atoms with van der Waals surface area (Å²) in [5.41, 5.74) is 7.00. The molecule has 114 valence electrons. The number of pyridine rings is 1. The maximum atomic E-state index is 11.7. The quantitative estimate of drug-likeness (QED) is 0.823. The number of nitrogens with two attached hydrogens (primary N) is 1. The van der Waals surface area contributed by atoms with Crippen molar-refractivity contribution in [1.29, 1.82) is 0 Å². The molecule has 0 aliphatic carbocycles. The highest BCUT2D eigenvalue weighted by molar-refractivity contribution is 5.88. The molecule has 2 N–H and O–H groups in total. The van der Waals surface area contributed by atoms with Crippen molar-refractivity contribution in [3.63, 3.8) is 0 Å². The van der Waals surface area contributed by atoms with E-state index < -0.39 is 5.97 Å². The molecule has 0 radical (unpaired) electrons. The monoisotopic (exact) mass is 290 g/mol. The normalized spacial score (nSPS) is 25.7. The van der Waals surface area contributed by atoms with E-state index in [0.717, 1.165) is 19.5 Å². The van der Waals surface area contributed by atoms with Crippen molar-refractivity contribution < 1.29 is 9.53 Å². The molecule has 21 heavy (non-hydrogen) atoms. The summed E-state index contributed by atoms with van der Waals surface area (Å²) in [5, 5.41) is 0. The molecular weight excluding hydrogens is 268 g/mol. The Morgan fingerprint density at radius 3 is 2.86 bits per heavy atom. The maximum Gasteiger partial charge on any atom is 0.356 e. The summed E-state index contributed by atoms with van der Waals surface area (Å²) in [4.78, 5) is 20.8. The predicted octanol–water partition coefficient (Wildman–Crippen LogP) is 1.12. The number of anilines is 2. The Balaban J connectivity index is 1.87. The van der Waals surface area contributed by atoms with Crippen molar-refractivity contribution >= 4 is 17.5 Å². The highest BCUT2D eigenvalue weighted by Crippen LogP contribution is 2.32. The Labute approximate surface area is 124 Å². The number of fused-ring (bicyclic) bond motifs is 2. The van der Waals surface area contributed by atoms with Crippen molar-refractivity contribution in [1.82, 2.24) is 9.88 Å². The summed E-state index contributed by atoms with van der Waals surface area (Å²) in [6.07, 6.45) is 3.60. The summed E-state index contributed by atoms with van der Waals surface area (Å²) >= 11 is 0. The number of hydrogen-bond acceptors (Lipinski definition) is 6. The molecule has 1 aromatic heterocycles. The van der Waals surface area contributed by atoms with Crippen LogP contribution >= 0.6 is 0 Å². The van der Waals surface area contributed by atoms with Crippen molar-refractivity contribution in [2.75, 3.05) is 37.9 Å². The van der Waals surface area contributed by atoms with Gasteiger partial charge in [-0.2, -0.15) is 0 Å². The third kappa shape index (κ3) is 2.55. The zero-order valence-electron chi connectivity index (χ0n) is 12.6. The number of likely N-dealkylation sites (N-methyl/N-ethyl adjacent to an activating group) is 1. The van der Waals surface area contributed by atoms with Crippen LogP contribution in [0.3, 0.4) is 0 Å². The molecule has 2 bridgehead atoms. The van der Waals surface area contributed by atoms with Crippen LogP contribution < -0.4 is 10.6 Å². The molecule has 2 saturated heterocycles. The molecule has 2 aliphatic heterocycles. The van der Waals surface area contributed by atoms with Gasteiger partial charge in [-0.25, -0.2) is 9.78 Å². The number of methoxy groups -OCH3 is 1. The Bertz CT molecular complexity index is 548. The maximum absolute atomic E-state index is 11.7. The Kier molecular flexibility index (Phi) is 3.71. The minimum absolute atomic E-state index is 0.310. The standard InChI is InChI=1S/C15H22N4O2/c1-18-10-3-4-11(18)9-19(8-7-10)14-12(16)5-6-13(17-14)15(20)21-2/h5-6,10-11H,3-4,7-9,16H2,1-2H3. The van der Waals surface area contributed by atoms with Crippen molar-refractivity contribution in [3.05, 3.63) is 17.8 Å². The number of carbonyl (C=O) groups is 1. The van der Waals surface area contributed by atoms with Crippen LogP contribution in [0.15, 0.2) is 12.1 Å². The van der Waals surface area contributed by atoms with Gasteiger partial charge in [0.2, 0.25) is 0 Å². The number of carbonyl (C=O) groups excluding carboxylic acids is 1. The largest absolute Gasteiger partial charge is 0.464 e. The number of ether oxygens (including phenoxy) is 1. The molecule has 0 aromatic carbocycles. The van der Waals surface area contributed by atoms with Gasteiger partial charge in [0.1, 0.15) is 0 Å². The van der Waals surface area contributed by atoms with Crippen molar-refractivity contribution in [2.45, 2.75) is 31.3 Å². The average Bonchev–Trinajstić information content (AvgIpc) is 2.72. The third-order valence-electron chi connectivity index (χ3n) is 4.75. The van der Waals surface area contributed by atoms with E-state index in [1.54, 1.807) is 12.1 Å². The topological polar surface area (TPSA) is 71.7 Å². The van der Waals surface area contributed by atoms with Gasteiger partial charge in [0, 0.05) is 25.2 Å². The summed E-state index contributed by atoms with van der Waals surface area (Å²) in [7, 11) is 3.56. The molecule has 0 spiro atoms. The summed E-state index contributed by atoms with van der Waals surface area (Å²) in [6.45, 7) is 1.84. The molecule has 2 atom stereocenters. The van der Waals surface area contributed by atoms with E-state index in [0.29, 0.717) is 29.3 Å². The molecule has 3 heterocycles. The van der Waals surface area contributed by atoms with E-state index in [1.165, 1.54) is 20.0 Å². The van der Waals surface area contributed by atoms with Gasteiger partial charge in [0.05, 0.1) is 12.8 Å². The zero-order chi connectivity index (χ0) is 15.0. The minimum Gasteiger partial charge on any atom is -0.464 e. The summed E-state index contributed by atoms with van der Waals surface area (Å²) in [6, 6.07) is 4.55. The second-order valence-corrected chi connectivity index (χ2v) is 5.89. The summed E-state index contributed by atoms with van der Waals surface area (Å²) in [5.74, 6) is 0.281. The second-order valence-electron chi connectivity index (χ2n) is 5.89. The zero-order valence-corrected chi connectivity index (χ0v) is 12.6. The number of rotatable bonds is 2. The second kappa shape index (κ2) is 5.52. The summed E-state index contributed by atoms with van der Waals surface area (Å²) < 4.78 is 4.74. The lowest BCUT2D eigenvalue weighted by Gasteiger charge is -2.27. The first-order chi connectivity index (χ1) is 10.1. The van der Waals surface area contributed by atoms with Gasteiger partial charge in [-0.05, 0) is 38.4 Å².